The second-order valence-electron chi connectivity index (χ2n) is 7.31. The first-order valence-corrected chi connectivity index (χ1v) is 9.99. The molecule has 2 aromatic carbocycles. The maximum Gasteiger partial charge on any atom is 0.350 e. The first-order chi connectivity index (χ1) is 15.5. The molecule has 5 aromatic rings. The number of anilines is 1. The number of nitrogens with zero attached hydrogens (tertiary/aromatic N) is 6. The van der Waals surface area contributed by atoms with Gasteiger partial charge in [0.15, 0.2) is 5.65 Å². The van der Waals surface area contributed by atoms with Crippen LogP contribution in [-0.2, 0) is 11.3 Å². The first kappa shape index (κ1) is 19.6. The molecule has 0 N–H and O–H groups in total. The van der Waals surface area contributed by atoms with Crippen molar-refractivity contribution in [3.63, 3.8) is 0 Å². The lowest BCUT2D eigenvalue weighted by Crippen LogP contribution is -2.34. The van der Waals surface area contributed by atoms with Gasteiger partial charge in [-0.2, -0.15) is 5.10 Å². The maximum atomic E-state index is 12.9. The van der Waals surface area contributed by atoms with Crippen molar-refractivity contribution >= 4 is 22.8 Å². The van der Waals surface area contributed by atoms with E-state index in [0.717, 1.165) is 22.7 Å². The average molecular weight is 428 g/mol. The standard InChI is InChI=1S/C23H20N6O3/c1-26(17-6-4-3-5-7-17)21(30)15-29-23(31)27-12-13-28-20(22(27)25-29)14-19(24-28)16-8-10-18(32-2)11-9-16/h3-14H,15H2,1-2H3. The van der Waals surface area contributed by atoms with Crippen LogP contribution in [0.25, 0.3) is 22.4 Å². The maximum absolute atomic E-state index is 12.9. The van der Waals surface area contributed by atoms with E-state index in [2.05, 4.69) is 10.2 Å². The van der Waals surface area contributed by atoms with E-state index in [-0.39, 0.29) is 18.1 Å². The van der Waals surface area contributed by atoms with Gasteiger partial charge in [-0.15, -0.1) is 5.10 Å². The number of hydrogen-bond donors (Lipinski definition) is 0. The van der Waals surface area contributed by atoms with Crippen LogP contribution >= 0.6 is 0 Å². The molecule has 0 atom stereocenters. The van der Waals surface area contributed by atoms with Crippen LogP contribution in [0, 0.1) is 0 Å². The number of methoxy groups -OCH3 is 1. The van der Waals surface area contributed by atoms with E-state index >= 15 is 0 Å². The Morgan fingerprint density at radius 3 is 2.50 bits per heavy atom. The van der Waals surface area contributed by atoms with Gasteiger partial charge in [-0.25, -0.2) is 18.4 Å². The monoisotopic (exact) mass is 428 g/mol. The van der Waals surface area contributed by atoms with Gasteiger partial charge in [0.2, 0.25) is 5.91 Å². The zero-order valence-electron chi connectivity index (χ0n) is 17.5. The molecule has 160 valence electrons. The van der Waals surface area contributed by atoms with Gasteiger partial charge in [0.1, 0.15) is 17.8 Å². The van der Waals surface area contributed by atoms with E-state index in [1.165, 1.54) is 14.0 Å². The van der Waals surface area contributed by atoms with E-state index < -0.39 is 0 Å². The molecule has 0 aliphatic heterocycles. The molecule has 0 aliphatic carbocycles. The highest BCUT2D eigenvalue weighted by atomic mass is 16.5. The Kier molecular flexibility index (Phi) is 4.70. The van der Waals surface area contributed by atoms with E-state index in [4.69, 9.17) is 4.74 Å². The number of aromatic nitrogens is 5. The van der Waals surface area contributed by atoms with Crippen molar-refractivity contribution in [2.75, 3.05) is 19.1 Å². The molecule has 0 saturated heterocycles. The van der Waals surface area contributed by atoms with Crippen LogP contribution in [0.4, 0.5) is 5.69 Å². The summed E-state index contributed by atoms with van der Waals surface area (Å²) in [5.41, 5.74) is 3.11. The Labute approximate surface area is 182 Å². The lowest BCUT2D eigenvalue weighted by atomic mass is 10.1. The predicted molar refractivity (Wildman–Crippen MR) is 120 cm³/mol. The first-order valence-electron chi connectivity index (χ1n) is 9.99. The van der Waals surface area contributed by atoms with Gasteiger partial charge < -0.3 is 9.64 Å². The van der Waals surface area contributed by atoms with E-state index in [1.807, 2.05) is 60.7 Å². The largest absolute Gasteiger partial charge is 0.497 e. The van der Waals surface area contributed by atoms with Gasteiger partial charge in [0.05, 0.1) is 12.8 Å². The Balaban J connectivity index is 1.51. The highest BCUT2D eigenvalue weighted by Crippen LogP contribution is 2.23. The molecule has 0 spiro atoms. The van der Waals surface area contributed by atoms with Gasteiger partial charge in [-0.1, -0.05) is 18.2 Å². The van der Waals surface area contributed by atoms with Gasteiger partial charge in [0, 0.05) is 30.7 Å². The van der Waals surface area contributed by atoms with E-state index in [1.54, 1.807) is 31.1 Å². The highest BCUT2D eigenvalue weighted by molar-refractivity contribution is 5.92. The minimum atomic E-state index is -0.385. The van der Waals surface area contributed by atoms with Gasteiger partial charge in [-0.05, 0) is 42.5 Å². The van der Waals surface area contributed by atoms with Crippen molar-refractivity contribution in [3.8, 4) is 17.0 Å². The number of carbonyl (C=O) groups is 1. The van der Waals surface area contributed by atoms with Crippen LogP contribution in [0.1, 0.15) is 0 Å². The molecule has 9 heteroatoms. The zero-order valence-corrected chi connectivity index (χ0v) is 17.5. The molecule has 1 amide bonds. The third-order valence-corrected chi connectivity index (χ3v) is 5.38. The number of hydrogen-bond acceptors (Lipinski definition) is 5. The number of likely N-dealkylation sites (N-methyl/N-ethyl adjacent to an activating group) is 1. The molecule has 0 unspecified atom stereocenters. The number of amides is 1. The summed E-state index contributed by atoms with van der Waals surface area (Å²) in [6.07, 6.45) is 3.30. The summed E-state index contributed by atoms with van der Waals surface area (Å²) in [4.78, 5) is 27.1. The van der Waals surface area contributed by atoms with Gasteiger partial charge in [-0.3, -0.25) is 4.79 Å². The molecule has 3 aromatic heterocycles. The van der Waals surface area contributed by atoms with Crippen molar-refractivity contribution in [1.29, 1.82) is 0 Å². The third kappa shape index (κ3) is 3.29. The topological polar surface area (TPSA) is 86.1 Å². The molecule has 0 fully saturated rings. The Morgan fingerprint density at radius 2 is 1.78 bits per heavy atom. The predicted octanol–water partition coefficient (Wildman–Crippen LogP) is 2.48. The summed E-state index contributed by atoms with van der Waals surface area (Å²) < 4.78 is 9.48. The summed E-state index contributed by atoms with van der Waals surface area (Å²) >= 11 is 0. The molecule has 9 nitrogen and oxygen atoms in total. The number of rotatable bonds is 5. The van der Waals surface area contributed by atoms with Crippen LogP contribution in [0.5, 0.6) is 5.75 Å². The molecular weight excluding hydrogens is 408 g/mol. The van der Waals surface area contributed by atoms with Crippen LogP contribution < -0.4 is 15.3 Å². The lowest BCUT2D eigenvalue weighted by Gasteiger charge is -2.16. The van der Waals surface area contributed by atoms with Crippen molar-refractivity contribution in [1.82, 2.24) is 23.8 Å². The third-order valence-electron chi connectivity index (χ3n) is 5.38. The number of carbonyl (C=O) groups excluding carboxylic acids is 1. The summed E-state index contributed by atoms with van der Waals surface area (Å²) in [6, 6.07) is 18.7. The van der Waals surface area contributed by atoms with Crippen molar-refractivity contribution < 1.29 is 9.53 Å². The van der Waals surface area contributed by atoms with Gasteiger partial charge in [0.25, 0.3) is 0 Å². The molecular formula is C23H20N6O3. The van der Waals surface area contributed by atoms with Crippen molar-refractivity contribution in [3.05, 3.63) is 83.5 Å². The Bertz CT molecular complexity index is 1480. The average Bonchev–Trinajstić information content (AvgIpc) is 3.40. The number of ether oxygens (including phenoxy) is 1. The minimum Gasteiger partial charge on any atom is -0.497 e. The molecule has 3 heterocycles. The molecule has 0 saturated carbocycles. The SMILES string of the molecule is COc1ccc(-c2cc3c4nn(CC(=O)N(C)c5ccccc5)c(=O)n4ccn3n2)cc1. The lowest BCUT2D eigenvalue weighted by molar-refractivity contribution is -0.119. The quantitative estimate of drug-likeness (QED) is 0.429. The minimum absolute atomic E-state index is 0.169. The van der Waals surface area contributed by atoms with Crippen LogP contribution in [0.15, 0.2) is 77.9 Å². The molecule has 32 heavy (non-hydrogen) atoms. The molecule has 5 rings (SSSR count). The smallest absolute Gasteiger partial charge is 0.350 e. The summed E-state index contributed by atoms with van der Waals surface area (Å²) in [7, 11) is 3.29. The van der Waals surface area contributed by atoms with Crippen LogP contribution in [0.2, 0.25) is 0 Å². The van der Waals surface area contributed by atoms with Crippen LogP contribution in [-0.4, -0.2) is 43.9 Å². The van der Waals surface area contributed by atoms with Crippen LogP contribution in [0.3, 0.4) is 0 Å². The number of benzene rings is 2. The summed E-state index contributed by atoms with van der Waals surface area (Å²) in [5, 5.41) is 9.02. The van der Waals surface area contributed by atoms with E-state index in [0.29, 0.717) is 11.2 Å². The Morgan fingerprint density at radius 1 is 1.03 bits per heavy atom. The fraction of sp³-hybridized carbons (Fsp3) is 0.130. The molecule has 0 radical (unpaired) electrons. The number of para-hydroxylation sites is 1. The second kappa shape index (κ2) is 7.69. The summed E-state index contributed by atoms with van der Waals surface area (Å²) in [6.45, 7) is -0.169. The van der Waals surface area contributed by atoms with E-state index in [9.17, 15) is 9.59 Å². The zero-order chi connectivity index (χ0) is 22.2. The highest BCUT2D eigenvalue weighted by Gasteiger charge is 2.17. The normalized spacial score (nSPS) is 11.2. The molecule has 0 aliphatic rings. The fourth-order valence-corrected chi connectivity index (χ4v) is 3.57. The molecule has 0 bridgehead atoms. The Hall–Kier alpha value is -4.40. The fourth-order valence-electron chi connectivity index (χ4n) is 3.57. The van der Waals surface area contributed by atoms with Crippen molar-refractivity contribution in [2.24, 2.45) is 0 Å². The van der Waals surface area contributed by atoms with Gasteiger partial charge >= 0.3 is 5.69 Å². The van der Waals surface area contributed by atoms with Crippen molar-refractivity contribution in [2.45, 2.75) is 6.54 Å². The second-order valence-corrected chi connectivity index (χ2v) is 7.31. The number of fused-ring (bicyclic) bond motifs is 3. The summed E-state index contributed by atoms with van der Waals surface area (Å²) in [5.74, 6) is 0.514.